The van der Waals surface area contributed by atoms with Crippen molar-refractivity contribution in [2.24, 2.45) is 5.73 Å². The van der Waals surface area contributed by atoms with Crippen molar-refractivity contribution in [2.45, 2.75) is 18.4 Å². The molecule has 2 heterocycles. The molecule has 0 unspecified atom stereocenters. The molecule has 0 bridgehead atoms. The number of benzene rings is 2. The third-order valence-corrected chi connectivity index (χ3v) is 5.28. The van der Waals surface area contributed by atoms with Gasteiger partial charge in [-0.25, -0.2) is 4.79 Å². The lowest BCUT2D eigenvalue weighted by Gasteiger charge is -2.27. The van der Waals surface area contributed by atoms with E-state index in [1.807, 2.05) is 41.3 Å². The van der Waals surface area contributed by atoms with Gasteiger partial charge in [0.05, 0.1) is 7.11 Å². The van der Waals surface area contributed by atoms with Crippen LogP contribution in [0.25, 0.3) is 11.0 Å². The normalized spacial score (nSPS) is 19.1. The quantitative estimate of drug-likeness (QED) is 0.705. The highest BCUT2D eigenvalue weighted by Gasteiger charge is 2.39. The largest absolute Gasteiger partial charge is 0.497 e. The van der Waals surface area contributed by atoms with Gasteiger partial charge in [0, 0.05) is 23.5 Å². The Bertz CT molecular complexity index is 1040. The second-order valence-electron chi connectivity index (χ2n) is 6.85. The SMILES string of the molecule is COc1ccc([C@@H]2CCN(c3ccc4oc(C(=O)O)cc4c3)[C@@H]2C(N)=O)cc1. The number of hydrogen-bond acceptors (Lipinski definition) is 5. The number of carbonyl (C=O) groups excluding carboxylic acids is 1. The number of methoxy groups -OCH3 is 1. The van der Waals surface area contributed by atoms with Crippen LogP contribution in [0.15, 0.2) is 52.9 Å². The summed E-state index contributed by atoms with van der Waals surface area (Å²) in [5.41, 5.74) is 8.10. The molecule has 3 N–H and O–H groups in total. The molecule has 1 aromatic heterocycles. The summed E-state index contributed by atoms with van der Waals surface area (Å²) < 4.78 is 10.5. The molecule has 1 saturated heterocycles. The van der Waals surface area contributed by atoms with Crippen molar-refractivity contribution in [3.63, 3.8) is 0 Å². The Morgan fingerprint density at radius 1 is 1.18 bits per heavy atom. The lowest BCUT2D eigenvalue weighted by Crippen LogP contribution is -2.43. The number of primary amides is 1. The van der Waals surface area contributed by atoms with Gasteiger partial charge in [0.2, 0.25) is 11.7 Å². The molecule has 7 heteroatoms. The number of aromatic carboxylic acids is 1. The first-order valence-corrected chi connectivity index (χ1v) is 8.94. The molecule has 28 heavy (non-hydrogen) atoms. The van der Waals surface area contributed by atoms with Crippen molar-refractivity contribution >= 4 is 28.5 Å². The summed E-state index contributed by atoms with van der Waals surface area (Å²) in [4.78, 5) is 25.4. The van der Waals surface area contributed by atoms with E-state index in [1.165, 1.54) is 6.07 Å². The summed E-state index contributed by atoms with van der Waals surface area (Å²) in [6.45, 7) is 0.666. The predicted molar refractivity (Wildman–Crippen MR) is 104 cm³/mol. The van der Waals surface area contributed by atoms with Gasteiger partial charge in [-0.05, 0) is 48.4 Å². The fourth-order valence-electron chi connectivity index (χ4n) is 3.95. The molecule has 0 spiro atoms. The Morgan fingerprint density at radius 2 is 1.93 bits per heavy atom. The van der Waals surface area contributed by atoms with Crippen LogP contribution in [0.2, 0.25) is 0 Å². The number of anilines is 1. The first-order valence-electron chi connectivity index (χ1n) is 8.94. The van der Waals surface area contributed by atoms with E-state index in [0.717, 1.165) is 23.4 Å². The number of fused-ring (bicyclic) bond motifs is 1. The molecule has 0 saturated carbocycles. The molecular formula is C21H20N2O5. The molecule has 0 aliphatic carbocycles. The monoisotopic (exact) mass is 380 g/mol. The summed E-state index contributed by atoms with van der Waals surface area (Å²) in [5, 5.41) is 9.78. The number of amides is 1. The highest BCUT2D eigenvalue weighted by Crippen LogP contribution is 2.38. The molecule has 1 fully saturated rings. The summed E-state index contributed by atoms with van der Waals surface area (Å²) in [6.07, 6.45) is 0.781. The zero-order chi connectivity index (χ0) is 19.8. The molecular weight excluding hydrogens is 360 g/mol. The van der Waals surface area contributed by atoms with E-state index < -0.39 is 17.9 Å². The predicted octanol–water partition coefficient (Wildman–Crippen LogP) is 2.99. The molecule has 1 amide bonds. The Hall–Kier alpha value is -3.48. The molecule has 3 aromatic rings. The molecule has 4 rings (SSSR count). The fourth-order valence-corrected chi connectivity index (χ4v) is 3.95. The van der Waals surface area contributed by atoms with E-state index in [9.17, 15) is 9.59 Å². The smallest absolute Gasteiger partial charge is 0.371 e. The van der Waals surface area contributed by atoms with E-state index in [-0.39, 0.29) is 11.7 Å². The van der Waals surface area contributed by atoms with Crippen LogP contribution in [0.5, 0.6) is 5.75 Å². The number of nitrogens with two attached hydrogens (primary N) is 1. The standard InChI is InChI=1S/C21H20N2O5/c1-27-15-5-2-12(3-6-15)16-8-9-23(19(16)20(22)24)14-4-7-17-13(10-14)11-18(28-17)21(25)26/h2-7,10-11,16,19H,8-9H2,1H3,(H2,22,24)(H,25,26)/t16-,19-/m0/s1. The minimum absolute atomic E-state index is 0.0296. The zero-order valence-corrected chi connectivity index (χ0v) is 15.3. The van der Waals surface area contributed by atoms with Gasteiger partial charge in [0.15, 0.2) is 0 Å². The number of nitrogens with zero attached hydrogens (tertiary/aromatic N) is 1. The van der Waals surface area contributed by atoms with Gasteiger partial charge in [0.25, 0.3) is 0 Å². The third-order valence-electron chi connectivity index (χ3n) is 5.28. The Kier molecular flexibility index (Phi) is 4.43. The van der Waals surface area contributed by atoms with Gasteiger partial charge in [-0.1, -0.05) is 12.1 Å². The van der Waals surface area contributed by atoms with Gasteiger partial charge >= 0.3 is 5.97 Å². The summed E-state index contributed by atoms with van der Waals surface area (Å²) in [6, 6.07) is 14.0. The number of furan rings is 1. The first-order chi connectivity index (χ1) is 13.5. The summed E-state index contributed by atoms with van der Waals surface area (Å²) in [7, 11) is 1.61. The van der Waals surface area contributed by atoms with E-state index in [0.29, 0.717) is 17.5 Å². The van der Waals surface area contributed by atoms with Crippen LogP contribution in [0.4, 0.5) is 5.69 Å². The molecule has 2 aromatic carbocycles. The number of carbonyl (C=O) groups is 2. The van der Waals surface area contributed by atoms with Gasteiger partial charge in [-0.3, -0.25) is 4.79 Å². The van der Waals surface area contributed by atoms with Gasteiger partial charge < -0.3 is 24.9 Å². The fraction of sp³-hybridized carbons (Fsp3) is 0.238. The minimum Gasteiger partial charge on any atom is -0.497 e. The maximum Gasteiger partial charge on any atom is 0.371 e. The second kappa shape index (κ2) is 6.92. The van der Waals surface area contributed by atoms with Crippen molar-refractivity contribution in [1.82, 2.24) is 0 Å². The minimum atomic E-state index is -1.12. The number of rotatable bonds is 5. The lowest BCUT2D eigenvalue weighted by molar-refractivity contribution is -0.119. The topological polar surface area (TPSA) is 106 Å². The zero-order valence-electron chi connectivity index (χ0n) is 15.3. The Morgan fingerprint density at radius 3 is 2.57 bits per heavy atom. The highest BCUT2D eigenvalue weighted by atomic mass is 16.5. The molecule has 2 atom stereocenters. The molecule has 144 valence electrons. The van der Waals surface area contributed by atoms with Crippen molar-refractivity contribution in [1.29, 1.82) is 0 Å². The van der Waals surface area contributed by atoms with Gasteiger partial charge in [0.1, 0.15) is 17.4 Å². The van der Waals surface area contributed by atoms with Crippen molar-refractivity contribution in [2.75, 3.05) is 18.6 Å². The Labute approximate surface area is 161 Å². The first kappa shape index (κ1) is 17.9. The number of carboxylic acids is 1. The molecule has 1 aliphatic heterocycles. The van der Waals surface area contributed by atoms with Crippen LogP contribution in [-0.4, -0.2) is 36.7 Å². The van der Waals surface area contributed by atoms with Crippen molar-refractivity contribution < 1.29 is 23.8 Å². The molecule has 7 nitrogen and oxygen atoms in total. The molecule has 0 radical (unpaired) electrons. The third kappa shape index (κ3) is 3.05. The number of ether oxygens (including phenoxy) is 1. The van der Waals surface area contributed by atoms with Crippen LogP contribution in [0.1, 0.15) is 28.5 Å². The van der Waals surface area contributed by atoms with E-state index in [2.05, 4.69) is 0 Å². The van der Waals surface area contributed by atoms with Crippen LogP contribution in [0.3, 0.4) is 0 Å². The highest BCUT2D eigenvalue weighted by molar-refractivity contribution is 5.93. The summed E-state index contributed by atoms with van der Waals surface area (Å²) >= 11 is 0. The maximum atomic E-state index is 12.3. The maximum absolute atomic E-state index is 12.3. The van der Waals surface area contributed by atoms with E-state index in [4.69, 9.17) is 20.0 Å². The molecule has 1 aliphatic rings. The lowest BCUT2D eigenvalue weighted by atomic mass is 9.91. The van der Waals surface area contributed by atoms with E-state index in [1.54, 1.807) is 13.2 Å². The van der Waals surface area contributed by atoms with E-state index >= 15 is 0 Å². The Balaban J connectivity index is 1.67. The number of carboxylic acid groups (broad SMARTS) is 1. The van der Waals surface area contributed by atoms with Crippen LogP contribution < -0.4 is 15.4 Å². The second-order valence-corrected chi connectivity index (χ2v) is 6.85. The van der Waals surface area contributed by atoms with Crippen LogP contribution in [0, 0.1) is 0 Å². The van der Waals surface area contributed by atoms with Gasteiger partial charge in [-0.15, -0.1) is 0 Å². The van der Waals surface area contributed by atoms with Crippen LogP contribution in [-0.2, 0) is 4.79 Å². The number of hydrogen-bond donors (Lipinski definition) is 2. The van der Waals surface area contributed by atoms with Crippen molar-refractivity contribution in [3.05, 3.63) is 59.9 Å². The van der Waals surface area contributed by atoms with Crippen LogP contribution >= 0.6 is 0 Å². The van der Waals surface area contributed by atoms with Crippen molar-refractivity contribution in [3.8, 4) is 5.75 Å². The van der Waals surface area contributed by atoms with Gasteiger partial charge in [-0.2, -0.15) is 0 Å². The summed E-state index contributed by atoms with van der Waals surface area (Å²) in [5.74, 6) is -0.895. The average molecular weight is 380 g/mol. The average Bonchev–Trinajstić information content (AvgIpc) is 3.32.